The lowest BCUT2D eigenvalue weighted by Crippen LogP contribution is -2.67. The number of nitrogens with zero attached hydrogens (tertiary/aromatic N) is 1. The van der Waals surface area contributed by atoms with Crippen LogP contribution in [0, 0.1) is 11.3 Å². The molecule has 2 N–H and O–H groups in total. The van der Waals surface area contributed by atoms with Gasteiger partial charge in [-0.1, -0.05) is 13.8 Å². The van der Waals surface area contributed by atoms with Crippen LogP contribution in [0.2, 0.25) is 0 Å². The minimum Gasteiger partial charge on any atom is -0.329 e. The van der Waals surface area contributed by atoms with Gasteiger partial charge in [0.2, 0.25) is 0 Å². The normalized spacial score (nSPS) is 29.6. The molecule has 0 spiro atoms. The molecule has 1 atom stereocenters. The predicted octanol–water partition coefficient (Wildman–Crippen LogP) is 2.24. The Morgan fingerprint density at radius 2 is 1.80 bits per heavy atom. The van der Waals surface area contributed by atoms with E-state index >= 15 is 0 Å². The second-order valence-corrected chi connectivity index (χ2v) is 5.90. The van der Waals surface area contributed by atoms with Crippen molar-refractivity contribution in [3.63, 3.8) is 0 Å². The minimum absolute atomic E-state index is 0.313. The Morgan fingerprint density at radius 1 is 1.27 bits per heavy atom. The average molecular weight is 210 g/mol. The van der Waals surface area contributed by atoms with Gasteiger partial charge in [-0.3, -0.25) is 4.90 Å². The van der Waals surface area contributed by atoms with Gasteiger partial charge < -0.3 is 5.73 Å². The van der Waals surface area contributed by atoms with Crippen molar-refractivity contribution in [3.8, 4) is 0 Å². The Balaban J connectivity index is 1.97. The van der Waals surface area contributed by atoms with Gasteiger partial charge in [-0.15, -0.1) is 0 Å². The molecule has 2 fully saturated rings. The van der Waals surface area contributed by atoms with E-state index in [0.717, 1.165) is 12.5 Å². The molecule has 0 amide bonds. The molecule has 1 heterocycles. The summed E-state index contributed by atoms with van der Waals surface area (Å²) in [6.07, 6.45) is 5.45. The predicted molar refractivity (Wildman–Crippen MR) is 64.8 cm³/mol. The average Bonchev–Trinajstić information content (AvgIpc) is 3.00. The van der Waals surface area contributed by atoms with E-state index in [4.69, 9.17) is 5.73 Å². The van der Waals surface area contributed by atoms with E-state index in [9.17, 15) is 0 Å². The van der Waals surface area contributed by atoms with Gasteiger partial charge in [-0.05, 0) is 43.9 Å². The molecule has 1 aliphatic carbocycles. The highest BCUT2D eigenvalue weighted by molar-refractivity contribution is 5.07. The molecule has 2 nitrogen and oxygen atoms in total. The Morgan fingerprint density at radius 3 is 2.13 bits per heavy atom. The number of nitrogens with two attached hydrogens (primary N) is 1. The molecule has 0 bridgehead atoms. The number of rotatable bonds is 5. The lowest BCUT2D eigenvalue weighted by Gasteiger charge is -2.57. The fourth-order valence-corrected chi connectivity index (χ4v) is 3.08. The van der Waals surface area contributed by atoms with Crippen LogP contribution in [-0.2, 0) is 0 Å². The van der Waals surface area contributed by atoms with Crippen LogP contribution in [0.4, 0.5) is 0 Å². The van der Waals surface area contributed by atoms with Gasteiger partial charge in [0.05, 0.1) is 0 Å². The third kappa shape index (κ3) is 1.72. The summed E-state index contributed by atoms with van der Waals surface area (Å²) in [4.78, 5) is 2.65. The van der Waals surface area contributed by atoms with E-state index in [-0.39, 0.29) is 0 Å². The molecule has 88 valence electrons. The maximum absolute atomic E-state index is 5.99. The topological polar surface area (TPSA) is 29.3 Å². The van der Waals surface area contributed by atoms with Gasteiger partial charge >= 0.3 is 0 Å². The molecule has 15 heavy (non-hydrogen) atoms. The molecule has 1 saturated carbocycles. The van der Waals surface area contributed by atoms with Crippen LogP contribution in [0.15, 0.2) is 0 Å². The summed E-state index contributed by atoms with van der Waals surface area (Å²) in [7, 11) is 0. The summed E-state index contributed by atoms with van der Waals surface area (Å²) >= 11 is 0. The maximum atomic E-state index is 5.99. The summed E-state index contributed by atoms with van der Waals surface area (Å²) in [6.45, 7) is 10.4. The van der Waals surface area contributed by atoms with Crippen LogP contribution in [0.5, 0.6) is 0 Å². The summed E-state index contributed by atoms with van der Waals surface area (Å²) in [5.74, 6) is 0.884. The van der Waals surface area contributed by atoms with Gasteiger partial charge in [0.25, 0.3) is 0 Å². The van der Waals surface area contributed by atoms with Crippen molar-refractivity contribution in [2.75, 3.05) is 19.6 Å². The lowest BCUT2D eigenvalue weighted by atomic mass is 9.72. The van der Waals surface area contributed by atoms with Crippen LogP contribution in [0.3, 0.4) is 0 Å². The molecule has 1 saturated heterocycles. The van der Waals surface area contributed by atoms with Crippen LogP contribution >= 0.6 is 0 Å². The highest BCUT2D eigenvalue weighted by Crippen LogP contribution is 2.49. The third-order valence-electron chi connectivity index (χ3n) is 5.15. The molecule has 1 aliphatic heterocycles. The lowest BCUT2D eigenvalue weighted by molar-refractivity contribution is -0.0818. The zero-order valence-electron chi connectivity index (χ0n) is 10.6. The third-order valence-corrected chi connectivity index (χ3v) is 5.15. The zero-order chi connectivity index (χ0) is 11.1. The summed E-state index contributed by atoms with van der Waals surface area (Å²) in [5.41, 5.74) is 6.92. The van der Waals surface area contributed by atoms with Gasteiger partial charge in [-0.25, -0.2) is 0 Å². The van der Waals surface area contributed by atoms with Crippen molar-refractivity contribution in [1.82, 2.24) is 4.90 Å². The largest absolute Gasteiger partial charge is 0.329 e. The zero-order valence-corrected chi connectivity index (χ0v) is 10.6. The molecule has 0 aromatic carbocycles. The SMILES string of the molecule is CCC1(CC)CN(C(C)(CN)C2CC2)C1. The first-order chi connectivity index (χ1) is 7.10. The Labute approximate surface area is 94.2 Å². The molecule has 2 aliphatic rings. The van der Waals surface area contributed by atoms with Crippen molar-refractivity contribution in [2.24, 2.45) is 17.1 Å². The number of hydrogen-bond donors (Lipinski definition) is 1. The van der Waals surface area contributed by atoms with E-state index in [1.165, 1.54) is 38.8 Å². The molecule has 1 unspecified atom stereocenters. The van der Waals surface area contributed by atoms with Crippen LogP contribution < -0.4 is 5.73 Å². The van der Waals surface area contributed by atoms with E-state index in [0.29, 0.717) is 11.0 Å². The van der Waals surface area contributed by atoms with Crippen LogP contribution in [0.1, 0.15) is 46.5 Å². The van der Waals surface area contributed by atoms with Crippen molar-refractivity contribution in [2.45, 2.75) is 52.0 Å². The molecule has 0 aromatic rings. The first-order valence-electron chi connectivity index (χ1n) is 6.55. The number of hydrogen-bond acceptors (Lipinski definition) is 2. The molecular formula is C13H26N2. The Bertz CT molecular complexity index is 223. The fourth-order valence-electron chi connectivity index (χ4n) is 3.08. The van der Waals surface area contributed by atoms with E-state index in [1.807, 2.05) is 0 Å². The van der Waals surface area contributed by atoms with E-state index < -0.39 is 0 Å². The molecule has 2 rings (SSSR count). The van der Waals surface area contributed by atoms with Gasteiger partial charge in [-0.2, -0.15) is 0 Å². The summed E-state index contributed by atoms with van der Waals surface area (Å²) in [6, 6.07) is 0. The van der Waals surface area contributed by atoms with Crippen molar-refractivity contribution >= 4 is 0 Å². The highest BCUT2D eigenvalue weighted by atomic mass is 15.3. The Kier molecular flexibility index (Phi) is 2.85. The number of likely N-dealkylation sites (tertiary alicyclic amines) is 1. The van der Waals surface area contributed by atoms with Gasteiger partial charge in [0.15, 0.2) is 0 Å². The van der Waals surface area contributed by atoms with Gasteiger partial charge in [0, 0.05) is 25.2 Å². The maximum Gasteiger partial charge on any atom is 0.0332 e. The highest BCUT2D eigenvalue weighted by Gasteiger charge is 2.52. The van der Waals surface area contributed by atoms with Crippen molar-refractivity contribution < 1.29 is 0 Å². The van der Waals surface area contributed by atoms with Crippen LogP contribution in [-0.4, -0.2) is 30.1 Å². The first-order valence-corrected chi connectivity index (χ1v) is 6.55. The second-order valence-electron chi connectivity index (χ2n) is 5.90. The molecule has 0 radical (unpaired) electrons. The smallest absolute Gasteiger partial charge is 0.0332 e. The first kappa shape index (κ1) is 11.4. The van der Waals surface area contributed by atoms with Crippen molar-refractivity contribution in [1.29, 1.82) is 0 Å². The quantitative estimate of drug-likeness (QED) is 0.754. The second kappa shape index (κ2) is 3.74. The summed E-state index contributed by atoms with van der Waals surface area (Å²) < 4.78 is 0. The molecule has 2 heteroatoms. The summed E-state index contributed by atoms with van der Waals surface area (Å²) in [5, 5.41) is 0. The van der Waals surface area contributed by atoms with Crippen LogP contribution in [0.25, 0.3) is 0 Å². The minimum atomic E-state index is 0.313. The Hall–Kier alpha value is -0.0800. The molecule has 0 aromatic heterocycles. The standard InChI is InChI=1S/C13H26N2/c1-4-13(5-2)9-15(10-13)12(3,8-14)11-6-7-11/h11H,4-10,14H2,1-3H3. The van der Waals surface area contributed by atoms with E-state index in [1.54, 1.807) is 0 Å². The molecular weight excluding hydrogens is 184 g/mol. The van der Waals surface area contributed by atoms with E-state index in [2.05, 4.69) is 25.7 Å². The fraction of sp³-hybridized carbons (Fsp3) is 1.00. The monoisotopic (exact) mass is 210 g/mol. The van der Waals surface area contributed by atoms with Crippen molar-refractivity contribution in [3.05, 3.63) is 0 Å². The van der Waals surface area contributed by atoms with Gasteiger partial charge in [0.1, 0.15) is 0 Å².